The zero-order valence-electron chi connectivity index (χ0n) is 27.7. The smallest absolute Gasteiger partial charge is 0.335 e. The van der Waals surface area contributed by atoms with E-state index < -0.39 is 20.0 Å². The molecule has 0 saturated carbocycles. The average molecular weight is 607 g/mol. The SMILES string of the molecule is CC(C)[Si](O[C@@H]1CCCO[C@H]1C[C@H](O[C@H]1CCCO[C@@H]1COCc1ccccc1)C(=O)OC(C)(C)C)(C(C)C)C(C)C. The third-order valence-electron chi connectivity index (χ3n) is 8.67. The monoisotopic (exact) mass is 606 g/mol. The first kappa shape index (κ1) is 35.2. The van der Waals surface area contributed by atoms with Crippen molar-refractivity contribution in [3.63, 3.8) is 0 Å². The van der Waals surface area contributed by atoms with Crippen LogP contribution in [0.3, 0.4) is 0 Å². The van der Waals surface area contributed by atoms with E-state index in [4.69, 9.17) is 28.1 Å². The molecule has 3 rings (SSSR count). The van der Waals surface area contributed by atoms with Gasteiger partial charge in [-0.1, -0.05) is 71.9 Å². The lowest BCUT2D eigenvalue weighted by molar-refractivity contribution is -0.195. The number of benzene rings is 1. The lowest BCUT2D eigenvalue weighted by Gasteiger charge is -2.47. The summed E-state index contributed by atoms with van der Waals surface area (Å²) in [4.78, 5) is 13.6. The Morgan fingerprint density at radius 1 is 0.881 bits per heavy atom. The zero-order valence-corrected chi connectivity index (χ0v) is 28.7. The van der Waals surface area contributed by atoms with Gasteiger partial charge in [0, 0.05) is 19.6 Å². The van der Waals surface area contributed by atoms with E-state index in [2.05, 4.69) is 41.5 Å². The first-order valence-electron chi connectivity index (χ1n) is 16.2. The van der Waals surface area contributed by atoms with Crippen molar-refractivity contribution in [3.8, 4) is 0 Å². The van der Waals surface area contributed by atoms with Gasteiger partial charge in [-0.25, -0.2) is 4.79 Å². The molecule has 2 aliphatic rings. The highest BCUT2D eigenvalue weighted by Gasteiger charge is 2.49. The Bertz CT molecular complexity index is 908. The van der Waals surface area contributed by atoms with E-state index in [-0.39, 0.29) is 30.4 Å². The van der Waals surface area contributed by atoms with Gasteiger partial charge in [-0.05, 0) is 68.6 Å². The summed E-state index contributed by atoms with van der Waals surface area (Å²) in [5.41, 5.74) is 1.89. The summed E-state index contributed by atoms with van der Waals surface area (Å²) in [6.07, 6.45) is 2.33. The minimum absolute atomic E-state index is 0.0706. The highest BCUT2D eigenvalue weighted by atomic mass is 28.4. The predicted octanol–water partition coefficient (Wildman–Crippen LogP) is 7.61. The van der Waals surface area contributed by atoms with Gasteiger partial charge in [0.1, 0.15) is 11.7 Å². The molecule has 2 fully saturated rings. The molecule has 7 nitrogen and oxygen atoms in total. The van der Waals surface area contributed by atoms with Crippen molar-refractivity contribution < 1.29 is 32.9 Å². The Morgan fingerprint density at radius 2 is 1.45 bits per heavy atom. The van der Waals surface area contributed by atoms with E-state index in [1.165, 1.54) is 0 Å². The molecule has 1 aromatic carbocycles. The van der Waals surface area contributed by atoms with E-state index in [0.717, 1.165) is 31.2 Å². The van der Waals surface area contributed by atoms with E-state index in [0.29, 0.717) is 49.5 Å². The summed E-state index contributed by atoms with van der Waals surface area (Å²) in [5.74, 6) is -0.356. The second kappa shape index (κ2) is 16.1. The maximum atomic E-state index is 13.6. The molecular formula is C34H58O7Si. The van der Waals surface area contributed by atoms with Gasteiger partial charge in [0.05, 0.1) is 31.5 Å². The molecule has 0 bridgehead atoms. The van der Waals surface area contributed by atoms with Gasteiger partial charge in [0.2, 0.25) is 8.32 Å². The molecule has 0 N–H and O–H groups in total. The van der Waals surface area contributed by atoms with E-state index in [9.17, 15) is 4.79 Å². The molecule has 0 unspecified atom stereocenters. The van der Waals surface area contributed by atoms with Gasteiger partial charge in [0.15, 0.2) is 6.10 Å². The van der Waals surface area contributed by atoms with Crippen LogP contribution in [0.25, 0.3) is 0 Å². The lowest BCUT2D eigenvalue weighted by Crippen LogP contribution is -2.54. The summed E-state index contributed by atoms with van der Waals surface area (Å²) in [7, 11) is -2.14. The number of rotatable bonds is 14. The van der Waals surface area contributed by atoms with Crippen LogP contribution in [0.4, 0.5) is 0 Å². The van der Waals surface area contributed by atoms with Crippen LogP contribution in [-0.2, 0) is 39.5 Å². The molecular weight excluding hydrogens is 548 g/mol. The molecule has 2 heterocycles. The fourth-order valence-corrected chi connectivity index (χ4v) is 12.4. The van der Waals surface area contributed by atoms with Gasteiger partial charge in [-0.15, -0.1) is 0 Å². The van der Waals surface area contributed by atoms with E-state index in [1.807, 2.05) is 51.1 Å². The van der Waals surface area contributed by atoms with E-state index in [1.54, 1.807) is 0 Å². The molecule has 42 heavy (non-hydrogen) atoms. The van der Waals surface area contributed by atoms with Crippen molar-refractivity contribution in [2.45, 2.75) is 154 Å². The highest BCUT2D eigenvalue weighted by Crippen LogP contribution is 2.44. The van der Waals surface area contributed by atoms with Gasteiger partial charge in [-0.2, -0.15) is 0 Å². The fraction of sp³-hybridized carbons (Fsp3) is 0.794. The second-order valence-corrected chi connectivity index (χ2v) is 19.4. The summed E-state index contributed by atoms with van der Waals surface area (Å²) < 4.78 is 38.3. The summed E-state index contributed by atoms with van der Waals surface area (Å²) >= 11 is 0. The fourth-order valence-electron chi connectivity index (χ4n) is 6.83. The maximum Gasteiger partial charge on any atom is 0.335 e. The summed E-state index contributed by atoms with van der Waals surface area (Å²) in [6.45, 7) is 21.7. The van der Waals surface area contributed by atoms with Crippen molar-refractivity contribution in [2.24, 2.45) is 0 Å². The topological polar surface area (TPSA) is 72.5 Å². The largest absolute Gasteiger partial charge is 0.458 e. The molecule has 2 aliphatic heterocycles. The van der Waals surface area contributed by atoms with Gasteiger partial charge >= 0.3 is 5.97 Å². The molecule has 0 aliphatic carbocycles. The average Bonchev–Trinajstić information content (AvgIpc) is 2.92. The van der Waals surface area contributed by atoms with Crippen LogP contribution < -0.4 is 0 Å². The summed E-state index contributed by atoms with van der Waals surface area (Å²) in [5, 5.41) is 0. The molecule has 5 atom stereocenters. The number of hydrogen-bond acceptors (Lipinski definition) is 7. The van der Waals surface area contributed by atoms with Gasteiger partial charge in [-0.3, -0.25) is 0 Å². The molecule has 8 heteroatoms. The van der Waals surface area contributed by atoms with Crippen molar-refractivity contribution in [1.29, 1.82) is 0 Å². The van der Waals surface area contributed by atoms with Crippen LogP contribution in [0.5, 0.6) is 0 Å². The minimum Gasteiger partial charge on any atom is -0.458 e. The Labute approximate surface area is 256 Å². The van der Waals surface area contributed by atoms with Crippen molar-refractivity contribution in [2.75, 3.05) is 19.8 Å². The molecule has 0 amide bonds. The van der Waals surface area contributed by atoms with Crippen molar-refractivity contribution >= 4 is 14.3 Å². The van der Waals surface area contributed by atoms with Gasteiger partial charge < -0.3 is 28.1 Å². The Morgan fingerprint density at radius 3 is 2.02 bits per heavy atom. The molecule has 1 aromatic rings. The molecule has 0 spiro atoms. The zero-order chi connectivity index (χ0) is 30.9. The number of carbonyl (C=O) groups excluding carboxylic acids is 1. The van der Waals surface area contributed by atoms with Crippen molar-refractivity contribution in [3.05, 3.63) is 35.9 Å². The molecule has 0 aromatic heterocycles. The van der Waals surface area contributed by atoms with Crippen LogP contribution in [0.15, 0.2) is 30.3 Å². The number of esters is 1. The second-order valence-electron chi connectivity index (χ2n) is 14.0. The standard InChI is InChI=1S/C34H58O7Si/c1-24(2)42(25(3)4,26(5)6)41-29-18-14-19-37-30(29)21-31(33(35)40-34(7,8)9)39-28-17-13-20-38-32(28)23-36-22-27-15-11-10-12-16-27/h10-12,15-16,24-26,28-32H,13-14,17-23H2,1-9H3/t28-,29+,30-,31-,32+/m0/s1. The lowest BCUT2D eigenvalue weighted by atomic mass is 9.99. The highest BCUT2D eigenvalue weighted by molar-refractivity contribution is 6.77. The Kier molecular flexibility index (Phi) is 13.5. The van der Waals surface area contributed by atoms with Crippen LogP contribution in [-0.4, -0.2) is 70.2 Å². The van der Waals surface area contributed by atoms with Crippen LogP contribution in [0, 0.1) is 0 Å². The summed E-state index contributed by atoms with van der Waals surface area (Å²) in [6, 6.07) is 10.1. The molecule has 240 valence electrons. The first-order chi connectivity index (χ1) is 19.8. The Hall–Kier alpha value is -1.29. The van der Waals surface area contributed by atoms with Crippen LogP contribution >= 0.6 is 0 Å². The quantitative estimate of drug-likeness (QED) is 0.159. The van der Waals surface area contributed by atoms with Crippen LogP contribution in [0.1, 0.15) is 100.0 Å². The normalized spacial score (nSPS) is 24.8. The third kappa shape index (κ3) is 9.86. The van der Waals surface area contributed by atoms with Crippen LogP contribution in [0.2, 0.25) is 16.6 Å². The number of carbonyl (C=O) groups is 1. The first-order valence-corrected chi connectivity index (χ1v) is 18.4. The Balaban J connectivity index is 1.77. The maximum absolute atomic E-state index is 13.6. The third-order valence-corrected chi connectivity index (χ3v) is 14.8. The van der Waals surface area contributed by atoms with E-state index >= 15 is 0 Å². The molecule has 0 radical (unpaired) electrons. The molecule has 2 saturated heterocycles. The number of hydrogen-bond donors (Lipinski definition) is 0. The number of ether oxygens (including phenoxy) is 5. The van der Waals surface area contributed by atoms with Gasteiger partial charge in [0.25, 0.3) is 0 Å². The minimum atomic E-state index is -2.14. The predicted molar refractivity (Wildman–Crippen MR) is 169 cm³/mol. The van der Waals surface area contributed by atoms with Crippen molar-refractivity contribution in [1.82, 2.24) is 0 Å².